The molecule has 2 rings (SSSR count). The number of hydrogen-bond acceptors (Lipinski definition) is 5. The van der Waals surface area contributed by atoms with Gasteiger partial charge < -0.3 is 14.5 Å². The fourth-order valence-electron chi connectivity index (χ4n) is 2.80. The standard InChI is InChI=1S/C15H24N2O3/c1-3-9-17(13-4-7-16-8-5-13)11-12-6-10-20-14(12)15(18)19-2/h6,10,13,16H,3-5,7-9,11H2,1-2H3. The van der Waals surface area contributed by atoms with Crippen LogP contribution in [0.5, 0.6) is 0 Å². The second-order valence-corrected chi connectivity index (χ2v) is 5.22. The average molecular weight is 280 g/mol. The first-order chi connectivity index (χ1) is 9.76. The Morgan fingerprint density at radius 2 is 2.25 bits per heavy atom. The van der Waals surface area contributed by atoms with Crippen molar-refractivity contribution in [3.05, 3.63) is 23.7 Å². The molecular weight excluding hydrogens is 256 g/mol. The normalized spacial score (nSPS) is 16.6. The van der Waals surface area contributed by atoms with E-state index in [2.05, 4.69) is 17.1 Å². The first-order valence-corrected chi connectivity index (χ1v) is 7.35. The number of ether oxygens (including phenoxy) is 1. The first-order valence-electron chi connectivity index (χ1n) is 7.35. The van der Waals surface area contributed by atoms with Gasteiger partial charge in [-0.25, -0.2) is 4.79 Å². The predicted molar refractivity (Wildman–Crippen MR) is 76.6 cm³/mol. The zero-order valence-corrected chi connectivity index (χ0v) is 12.4. The van der Waals surface area contributed by atoms with E-state index < -0.39 is 5.97 Å². The van der Waals surface area contributed by atoms with E-state index in [-0.39, 0.29) is 0 Å². The van der Waals surface area contributed by atoms with Crippen LogP contribution in [0.4, 0.5) is 0 Å². The fourth-order valence-corrected chi connectivity index (χ4v) is 2.80. The number of esters is 1. The molecule has 5 heteroatoms. The van der Waals surface area contributed by atoms with Gasteiger partial charge in [-0.15, -0.1) is 0 Å². The van der Waals surface area contributed by atoms with Crippen LogP contribution < -0.4 is 5.32 Å². The van der Waals surface area contributed by atoms with E-state index in [9.17, 15) is 4.79 Å². The van der Waals surface area contributed by atoms with Crippen LogP contribution in [-0.2, 0) is 11.3 Å². The maximum Gasteiger partial charge on any atom is 0.374 e. The molecule has 112 valence electrons. The van der Waals surface area contributed by atoms with E-state index in [4.69, 9.17) is 9.15 Å². The second kappa shape index (κ2) is 7.45. The lowest BCUT2D eigenvalue weighted by Gasteiger charge is -2.34. The first kappa shape index (κ1) is 15.1. The number of nitrogens with one attached hydrogen (secondary N) is 1. The van der Waals surface area contributed by atoms with Crippen molar-refractivity contribution in [2.75, 3.05) is 26.7 Å². The van der Waals surface area contributed by atoms with Crippen molar-refractivity contribution >= 4 is 5.97 Å². The van der Waals surface area contributed by atoms with Crippen LogP contribution in [0.1, 0.15) is 42.3 Å². The van der Waals surface area contributed by atoms with Gasteiger partial charge in [0.1, 0.15) is 0 Å². The molecule has 0 amide bonds. The Labute approximate surface area is 120 Å². The number of nitrogens with zero attached hydrogens (tertiary/aromatic N) is 1. The van der Waals surface area contributed by atoms with Gasteiger partial charge in [-0.1, -0.05) is 6.92 Å². The van der Waals surface area contributed by atoms with Gasteiger partial charge in [-0.2, -0.15) is 0 Å². The van der Waals surface area contributed by atoms with Gasteiger partial charge in [-0.3, -0.25) is 4.90 Å². The zero-order chi connectivity index (χ0) is 14.4. The van der Waals surface area contributed by atoms with Gasteiger partial charge >= 0.3 is 5.97 Å². The van der Waals surface area contributed by atoms with Crippen LogP contribution in [0.2, 0.25) is 0 Å². The van der Waals surface area contributed by atoms with Gasteiger partial charge in [-0.05, 0) is 45.0 Å². The number of furan rings is 1. The molecule has 1 saturated heterocycles. The molecule has 1 aliphatic rings. The van der Waals surface area contributed by atoms with Gasteiger partial charge in [0.25, 0.3) is 0 Å². The molecular formula is C15H24N2O3. The highest BCUT2D eigenvalue weighted by molar-refractivity contribution is 5.87. The van der Waals surface area contributed by atoms with E-state index in [0.29, 0.717) is 11.8 Å². The van der Waals surface area contributed by atoms with E-state index >= 15 is 0 Å². The topological polar surface area (TPSA) is 54.7 Å². The monoisotopic (exact) mass is 280 g/mol. The van der Waals surface area contributed by atoms with Crippen LogP contribution >= 0.6 is 0 Å². The second-order valence-electron chi connectivity index (χ2n) is 5.22. The molecule has 5 nitrogen and oxygen atoms in total. The van der Waals surface area contributed by atoms with Crippen molar-refractivity contribution in [1.82, 2.24) is 10.2 Å². The Hall–Kier alpha value is -1.33. The minimum atomic E-state index is -0.397. The van der Waals surface area contributed by atoms with Gasteiger partial charge in [0.2, 0.25) is 5.76 Å². The lowest BCUT2D eigenvalue weighted by molar-refractivity contribution is 0.0560. The number of methoxy groups -OCH3 is 1. The largest absolute Gasteiger partial charge is 0.463 e. The van der Waals surface area contributed by atoms with Crippen molar-refractivity contribution in [3.8, 4) is 0 Å². The molecule has 20 heavy (non-hydrogen) atoms. The van der Waals surface area contributed by atoms with Crippen molar-refractivity contribution in [1.29, 1.82) is 0 Å². The van der Waals surface area contributed by atoms with Crippen LogP contribution in [0.25, 0.3) is 0 Å². The molecule has 0 aromatic carbocycles. The molecule has 0 saturated carbocycles. The highest BCUT2D eigenvalue weighted by Crippen LogP contribution is 2.19. The molecule has 1 fully saturated rings. The average Bonchev–Trinajstić information content (AvgIpc) is 2.95. The van der Waals surface area contributed by atoms with Crippen molar-refractivity contribution < 1.29 is 13.9 Å². The molecule has 1 aromatic rings. The molecule has 1 aromatic heterocycles. The molecule has 0 spiro atoms. The Kier molecular flexibility index (Phi) is 5.61. The van der Waals surface area contributed by atoms with Gasteiger partial charge in [0, 0.05) is 18.2 Å². The predicted octanol–water partition coefficient (Wildman–Crippen LogP) is 2.03. The Bertz CT molecular complexity index is 425. The summed E-state index contributed by atoms with van der Waals surface area (Å²) in [6, 6.07) is 2.45. The van der Waals surface area contributed by atoms with Crippen LogP contribution in [0, 0.1) is 0 Å². The summed E-state index contributed by atoms with van der Waals surface area (Å²) >= 11 is 0. The number of rotatable bonds is 6. The van der Waals surface area contributed by atoms with Crippen LogP contribution in [0.3, 0.4) is 0 Å². The third-order valence-corrected chi connectivity index (χ3v) is 3.83. The highest BCUT2D eigenvalue weighted by atomic mass is 16.5. The summed E-state index contributed by atoms with van der Waals surface area (Å²) in [5, 5.41) is 3.39. The molecule has 0 atom stereocenters. The van der Waals surface area contributed by atoms with E-state index in [1.165, 1.54) is 7.11 Å². The maximum absolute atomic E-state index is 11.7. The minimum Gasteiger partial charge on any atom is -0.463 e. The molecule has 1 N–H and O–H groups in total. The third-order valence-electron chi connectivity index (χ3n) is 3.83. The molecule has 1 aliphatic heterocycles. The zero-order valence-electron chi connectivity index (χ0n) is 12.4. The third kappa shape index (κ3) is 3.61. The molecule has 2 heterocycles. The Morgan fingerprint density at radius 3 is 2.90 bits per heavy atom. The number of hydrogen-bond donors (Lipinski definition) is 1. The van der Waals surface area contributed by atoms with Crippen molar-refractivity contribution in [3.63, 3.8) is 0 Å². The molecule has 0 radical (unpaired) electrons. The summed E-state index contributed by atoms with van der Waals surface area (Å²) < 4.78 is 10.0. The lowest BCUT2D eigenvalue weighted by Crippen LogP contribution is -2.43. The van der Waals surface area contributed by atoms with Crippen molar-refractivity contribution in [2.45, 2.75) is 38.8 Å². The summed E-state index contributed by atoms with van der Waals surface area (Å²) in [7, 11) is 1.38. The molecule has 0 bridgehead atoms. The minimum absolute atomic E-state index is 0.336. The smallest absolute Gasteiger partial charge is 0.374 e. The summed E-state index contributed by atoms with van der Waals surface area (Å²) in [4.78, 5) is 14.1. The number of carbonyl (C=O) groups excluding carboxylic acids is 1. The summed E-state index contributed by atoms with van der Waals surface area (Å²) in [6.07, 6.45) is 4.99. The number of piperidine rings is 1. The van der Waals surface area contributed by atoms with E-state index in [1.807, 2.05) is 6.07 Å². The fraction of sp³-hybridized carbons (Fsp3) is 0.667. The molecule has 0 aliphatic carbocycles. The SMILES string of the molecule is CCCN(Cc1ccoc1C(=O)OC)C1CCNCC1. The summed E-state index contributed by atoms with van der Waals surface area (Å²) in [6.45, 7) is 6.11. The molecule has 0 unspecified atom stereocenters. The highest BCUT2D eigenvalue weighted by Gasteiger charge is 2.23. The Morgan fingerprint density at radius 1 is 1.50 bits per heavy atom. The van der Waals surface area contributed by atoms with Gasteiger partial charge in [0.15, 0.2) is 0 Å². The van der Waals surface area contributed by atoms with E-state index in [0.717, 1.165) is 51.0 Å². The summed E-state index contributed by atoms with van der Waals surface area (Å²) in [5.74, 6) is -0.0608. The van der Waals surface area contributed by atoms with Crippen molar-refractivity contribution in [2.24, 2.45) is 0 Å². The van der Waals surface area contributed by atoms with Gasteiger partial charge in [0.05, 0.1) is 13.4 Å². The quantitative estimate of drug-likeness (QED) is 0.808. The summed E-state index contributed by atoms with van der Waals surface area (Å²) in [5.41, 5.74) is 0.920. The van der Waals surface area contributed by atoms with Crippen LogP contribution in [0.15, 0.2) is 16.7 Å². The Balaban J connectivity index is 2.07. The lowest BCUT2D eigenvalue weighted by atomic mass is 10.0. The van der Waals surface area contributed by atoms with E-state index in [1.54, 1.807) is 6.26 Å². The number of carbonyl (C=O) groups is 1. The maximum atomic E-state index is 11.7. The van der Waals surface area contributed by atoms with Crippen LogP contribution in [-0.4, -0.2) is 43.7 Å².